The van der Waals surface area contributed by atoms with Gasteiger partial charge in [0, 0.05) is 19.2 Å². The number of benzene rings is 1. The van der Waals surface area contributed by atoms with Gasteiger partial charge < -0.3 is 9.47 Å². The largest absolute Gasteiger partial charge is 0.328 e. The highest BCUT2D eigenvalue weighted by atomic mass is 16.2. The average molecular weight is 378 g/mol. The molecule has 0 saturated carbocycles. The van der Waals surface area contributed by atoms with Crippen LogP contribution in [0.2, 0.25) is 0 Å². The summed E-state index contributed by atoms with van der Waals surface area (Å²) in [5, 5.41) is 13.3. The fourth-order valence-electron chi connectivity index (χ4n) is 3.88. The maximum absolute atomic E-state index is 13.2. The molecule has 0 radical (unpaired) electrons. The third-order valence-corrected chi connectivity index (χ3v) is 5.11. The molecule has 0 fully saturated rings. The Kier molecular flexibility index (Phi) is 4.75. The van der Waals surface area contributed by atoms with Crippen LogP contribution >= 0.6 is 0 Å². The van der Waals surface area contributed by atoms with Gasteiger partial charge in [-0.3, -0.25) is 9.48 Å². The van der Waals surface area contributed by atoms with E-state index in [9.17, 15) is 4.79 Å². The Bertz CT molecular complexity index is 988. The van der Waals surface area contributed by atoms with Crippen LogP contribution in [0.1, 0.15) is 48.8 Å². The third-order valence-electron chi connectivity index (χ3n) is 5.11. The average Bonchev–Trinajstić information content (AvgIpc) is 3.25. The summed E-state index contributed by atoms with van der Waals surface area (Å²) in [6.07, 6.45) is 0.867. The van der Waals surface area contributed by atoms with E-state index >= 15 is 0 Å². The van der Waals surface area contributed by atoms with Crippen molar-refractivity contribution in [2.45, 2.75) is 39.8 Å². The van der Waals surface area contributed by atoms with Gasteiger partial charge in [0.05, 0.1) is 18.3 Å². The second-order valence-electron chi connectivity index (χ2n) is 7.95. The Morgan fingerprint density at radius 3 is 2.68 bits per heavy atom. The highest BCUT2D eigenvalue weighted by molar-refractivity contribution is 5.92. The van der Waals surface area contributed by atoms with E-state index in [1.165, 1.54) is 0 Å². The van der Waals surface area contributed by atoms with Crippen molar-refractivity contribution in [2.24, 2.45) is 13.0 Å². The monoisotopic (exact) mass is 378 g/mol. The zero-order chi connectivity index (χ0) is 19.8. The molecule has 1 aromatic carbocycles. The van der Waals surface area contributed by atoms with Crippen LogP contribution in [-0.2, 0) is 20.0 Å². The molecule has 2 aromatic heterocycles. The Morgan fingerprint density at radius 1 is 1.21 bits per heavy atom. The quantitative estimate of drug-likeness (QED) is 0.700. The van der Waals surface area contributed by atoms with E-state index in [0.717, 1.165) is 29.3 Å². The van der Waals surface area contributed by atoms with Gasteiger partial charge in [0.1, 0.15) is 5.69 Å². The summed E-state index contributed by atoms with van der Waals surface area (Å²) in [4.78, 5) is 15.0. The zero-order valence-electron chi connectivity index (χ0n) is 16.8. The molecular formula is C21H26N6O. The number of aromatic nitrogens is 5. The van der Waals surface area contributed by atoms with Crippen LogP contribution in [0.5, 0.6) is 0 Å². The maximum atomic E-state index is 13.2. The zero-order valence-corrected chi connectivity index (χ0v) is 16.8. The Balaban J connectivity index is 1.59. The fraction of sp³-hybridized carbons (Fsp3) is 0.429. The first-order valence-corrected chi connectivity index (χ1v) is 9.75. The molecule has 3 heterocycles. The van der Waals surface area contributed by atoms with E-state index < -0.39 is 0 Å². The van der Waals surface area contributed by atoms with Crippen LogP contribution in [0.3, 0.4) is 0 Å². The second-order valence-corrected chi connectivity index (χ2v) is 7.95. The van der Waals surface area contributed by atoms with E-state index in [-0.39, 0.29) is 11.9 Å². The summed E-state index contributed by atoms with van der Waals surface area (Å²) in [6.45, 7) is 7.48. The number of hydrogen-bond donors (Lipinski definition) is 0. The summed E-state index contributed by atoms with van der Waals surface area (Å²) in [6, 6.07) is 12.1. The molecular weight excluding hydrogens is 352 g/mol. The highest BCUT2D eigenvalue weighted by Gasteiger charge is 2.31. The third kappa shape index (κ3) is 3.32. The van der Waals surface area contributed by atoms with Crippen LogP contribution in [-0.4, -0.2) is 41.9 Å². The molecule has 3 aromatic rings. The van der Waals surface area contributed by atoms with E-state index in [1.54, 1.807) is 4.68 Å². The SMILES string of the molecule is CC(C)Cc1cc(C(=O)N2Cc3nnc(-c4ccccc4)n3[C@@H](C)C2)n(C)n1. The first-order chi connectivity index (χ1) is 13.4. The molecule has 0 bridgehead atoms. The van der Waals surface area contributed by atoms with Gasteiger partial charge >= 0.3 is 0 Å². The minimum atomic E-state index is -0.00707. The molecule has 0 unspecified atom stereocenters. The number of hydrogen-bond acceptors (Lipinski definition) is 4. The molecule has 1 aliphatic heterocycles. The number of rotatable bonds is 4. The molecule has 7 nitrogen and oxygen atoms in total. The van der Waals surface area contributed by atoms with Gasteiger partial charge in [0.25, 0.3) is 5.91 Å². The smallest absolute Gasteiger partial charge is 0.272 e. The number of amides is 1. The van der Waals surface area contributed by atoms with Crippen molar-refractivity contribution in [1.29, 1.82) is 0 Å². The summed E-state index contributed by atoms with van der Waals surface area (Å²) >= 11 is 0. The van der Waals surface area contributed by atoms with Crippen molar-refractivity contribution in [1.82, 2.24) is 29.4 Å². The first-order valence-electron chi connectivity index (χ1n) is 9.75. The van der Waals surface area contributed by atoms with Gasteiger partial charge in [-0.1, -0.05) is 44.2 Å². The fourth-order valence-corrected chi connectivity index (χ4v) is 3.88. The van der Waals surface area contributed by atoms with E-state index in [2.05, 4.69) is 40.6 Å². The lowest BCUT2D eigenvalue weighted by Crippen LogP contribution is -2.41. The van der Waals surface area contributed by atoms with E-state index in [1.807, 2.05) is 48.3 Å². The number of carbonyl (C=O) groups excluding carboxylic acids is 1. The molecule has 0 N–H and O–H groups in total. The molecule has 0 saturated heterocycles. The van der Waals surface area contributed by atoms with Gasteiger partial charge in [0.15, 0.2) is 11.6 Å². The van der Waals surface area contributed by atoms with Crippen molar-refractivity contribution in [3.8, 4) is 11.4 Å². The molecule has 1 aliphatic rings. The summed E-state index contributed by atoms with van der Waals surface area (Å²) in [5.41, 5.74) is 2.62. The lowest BCUT2D eigenvalue weighted by molar-refractivity contribution is 0.0671. The summed E-state index contributed by atoms with van der Waals surface area (Å²) in [7, 11) is 1.83. The number of carbonyl (C=O) groups is 1. The second kappa shape index (κ2) is 7.22. The molecule has 1 atom stereocenters. The van der Waals surface area contributed by atoms with Crippen LogP contribution in [0.4, 0.5) is 0 Å². The molecule has 4 rings (SSSR count). The highest BCUT2D eigenvalue weighted by Crippen LogP contribution is 2.28. The number of aryl methyl sites for hydroxylation is 1. The predicted molar refractivity (Wildman–Crippen MR) is 107 cm³/mol. The standard InChI is InChI=1S/C21H26N6O/c1-14(2)10-17-11-18(25(4)24-17)21(28)26-12-15(3)27-19(13-26)22-23-20(27)16-8-6-5-7-9-16/h5-9,11,14-15H,10,12-13H2,1-4H3/t15-/m0/s1. The van der Waals surface area contributed by atoms with Crippen LogP contribution in [0.25, 0.3) is 11.4 Å². The summed E-state index contributed by atoms with van der Waals surface area (Å²) < 4.78 is 3.84. The van der Waals surface area contributed by atoms with Crippen molar-refractivity contribution < 1.29 is 4.79 Å². The number of fused-ring (bicyclic) bond motifs is 1. The van der Waals surface area contributed by atoms with Gasteiger partial charge in [-0.05, 0) is 25.3 Å². The predicted octanol–water partition coefficient (Wildman–Crippen LogP) is 3.09. The Hall–Kier alpha value is -2.96. The molecule has 1 amide bonds. The van der Waals surface area contributed by atoms with Crippen LogP contribution < -0.4 is 0 Å². The van der Waals surface area contributed by atoms with Gasteiger partial charge in [-0.25, -0.2) is 0 Å². The molecule has 7 heteroatoms. The Morgan fingerprint density at radius 2 is 1.96 bits per heavy atom. The number of nitrogens with zero attached hydrogens (tertiary/aromatic N) is 6. The lowest BCUT2D eigenvalue weighted by Gasteiger charge is -2.32. The molecule has 146 valence electrons. The maximum Gasteiger partial charge on any atom is 0.272 e. The normalized spacial score (nSPS) is 16.5. The van der Waals surface area contributed by atoms with Crippen molar-refractivity contribution in [2.75, 3.05) is 6.54 Å². The summed E-state index contributed by atoms with van der Waals surface area (Å²) in [5.74, 6) is 2.17. The lowest BCUT2D eigenvalue weighted by atomic mass is 10.1. The van der Waals surface area contributed by atoms with Gasteiger partial charge in [0.2, 0.25) is 0 Å². The van der Waals surface area contributed by atoms with Crippen LogP contribution in [0.15, 0.2) is 36.4 Å². The Labute approximate surface area is 165 Å². The first kappa shape index (κ1) is 18.4. The molecule has 0 aliphatic carbocycles. The van der Waals surface area contributed by atoms with E-state index in [0.29, 0.717) is 24.7 Å². The molecule has 0 spiro atoms. The minimum absolute atomic E-state index is 0.00707. The van der Waals surface area contributed by atoms with E-state index in [4.69, 9.17) is 0 Å². The van der Waals surface area contributed by atoms with Crippen molar-refractivity contribution in [3.63, 3.8) is 0 Å². The van der Waals surface area contributed by atoms with Crippen molar-refractivity contribution in [3.05, 3.63) is 53.6 Å². The van der Waals surface area contributed by atoms with Gasteiger partial charge in [-0.15, -0.1) is 10.2 Å². The minimum Gasteiger partial charge on any atom is -0.328 e. The van der Waals surface area contributed by atoms with Crippen LogP contribution in [0, 0.1) is 5.92 Å². The van der Waals surface area contributed by atoms with Gasteiger partial charge in [-0.2, -0.15) is 5.10 Å². The topological polar surface area (TPSA) is 68.8 Å². The van der Waals surface area contributed by atoms with Crippen molar-refractivity contribution >= 4 is 5.91 Å². The molecule has 28 heavy (non-hydrogen) atoms.